The van der Waals surface area contributed by atoms with Crippen LogP contribution in [0.3, 0.4) is 0 Å². The van der Waals surface area contributed by atoms with E-state index in [1.807, 2.05) is 17.8 Å². The van der Waals surface area contributed by atoms with Crippen molar-refractivity contribution in [3.05, 3.63) is 30.0 Å². The average Bonchev–Trinajstić information content (AvgIpc) is 2.82. The zero-order valence-corrected chi connectivity index (χ0v) is 13.3. The van der Waals surface area contributed by atoms with Gasteiger partial charge in [-0.2, -0.15) is 5.10 Å². The number of hydrogen-bond donors (Lipinski definition) is 1. The van der Waals surface area contributed by atoms with Gasteiger partial charge in [0, 0.05) is 31.4 Å². The van der Waals surface area contributed by atoms with Crippen molar-refractivity contribution in [1.29, 1.82) is 0 Å². The van der Waals surface area contributed by atoms with Crippen LogP contribution in [-0.4, -0.2) is 33.7 Å². The first-order valence-corrected chi connectivity index (χ1v) is 7.88. The molecule has 2 atom stereocenters. The predicted molar refractivity (Wildman–Crippen MR) is 85.0 cm³/mol. The third-order valence-electron chi connectivity index (χ3n) is 5.65. The first-order valence-electron chi connectivity index (χ1n) is 7.88. The predicted octanol–water partition coefficient (Wildman–Crippen LogP) is 1.47. The molecule has 2 N–H and O–H groups in total. The minimum atomic E-state index is -0.142. The molecule has 1 aromatic heterocycles. The second-order valence-electron chi connectivity index (χ2n) is 7.21. The van der Waals surface area contributed by atoms with E-state index in [4.69, 9.17) is 10.8 Å². The summed E-state index contributed by atoms with van der Waals surface area (Å²) in [6.45, 7) is 6.34. The fraction of sp³-hybridized carbons (Fsp3) is 0.529. The summed E-state index contributed by atoms with van der Waals surface area (Å²) in [5.41, 5.74) is 7.59. The lowest BCUT2D eigenvalue weighted by Crippen LogP contribution is -2.43. The number of amides is 1. The second kappa shape index (κ2) is 4.32. The van der Waals surface area contributed by atoms with Gasteiger partial charge in [-0.15, -0.1) is 0 Å². The molecule has 4 rings (SSSR count). The second-order valence-corrected chi connectivity index (χ2v) is 7.21. The third-order valence-corrected chi connectivity index (χ3v) is 5.65. The van der Waals surface area contributed by atoms with Gasteiger partial charge in [0.25, 0.3) is 0 Å². The first-order chi connectivity index (χ1) is 10.4. The van der Waals surface area contributed by atoms with Gasteiger partial charge in [0.1, 0.15) is 0 Å². The SMILES string of the molecule is Cn1nc(C(C)(C)N2CC3C(C2)C3C(N)=O)c2ccccc21. The lowest BCUT2D eigenvalue weighted by molar-refractivity contribution is -0.120. The molecule has 1 aliphatic heterocycles. The molecular weight excluding hydrogens is 276 g/mol. The summed E-state index contributed by atoms with van der Waals surface area (Å²) in [5.74, 6) is 0.877. The molecule has 2 heterocycles. The van der Waals surface area contributed by atoms with Gasteiger partial charge in [-0.3, -0.25) is 14.4 Å². The summed E-state index contributed by atoms with van der Waals surface area (Å²) in [5, 5.41) is 5.99. The largest absolute Gasteiger partial charge is 0.369 e. The third kappa shape index (κ3) is 1.75. The molecule has 2 fully saturated rings. The highest BCUT2D eigenvalue weighted by molar-refractivity contribution is 5.83. The van der Waals surface area contributed by atoms with Crippen LogP contribution in [-0.2, 0) is 17.4 Å². The van der Waals surface area contributed by atoms with Crippen LogP contribution >= 0.6 is 0 Å². The van der Waals surface area contributed by atoms with E-state index >= 15 is 0 Å². The fourth-order valence-corrected chi connectivity index (χ4v) is 4.22. The van der Waals surface area contributed by atoms with Crippen LogP contribution in [0, 0.1) is 17.8 Å². The van der Waals surface area contributed by atoms with Crippen LogP contribution in [0.2, 0.25) is 0 Å². The lowest BCUT2D eigenvalue weighted by atomic mass is 9.94. The maximum Gasteiger partial charge on any atom is 0.221 e. The van der Waals surface area contributed by atoms with Gasteiger partial charge >= 0.3 is 0 Å². The Morgan fingerprint density at radius 3 is 2.55 bits per heavy atom. The zero-order valence-electron chi connectivity index (χ0n) is 13.3. The fourth-order valence-electron chi connectivity index (χ4n) is 4.22. The Labute approximate surface area is 130 Å². The van der Waals surface area contributed by atoms with Crippen LogP contribution in [0.15, 0.2) is 24.3 Å². The number of carbonyl (C=O) groups is 1. The molecule has 0 radical (unpaired) electrons. The van der Waals surface area contributed by atoms with Gasteiger partial charge in [0.15, 0.2) is 0 Å². The van der Waals surface area contributed by atoms with Crippen molar-refractivity contribution < 1.29 is 4.79 Å². The van der Waals surface area contributed by atoms with Crippen molar-refractivity contribution in [2.75, 3.05) is 13.1 Å². The Hall–Kier alpha value is -1.88. The average molecular weight is 298 g/mol. The van der Waals surface area contributed by atoms with E-state index in [-0.39, 0.29) is 17.4 Å². The number of nitrogens with zero attached hydrogens (tertiary/aromatic N) is 3. The minimum absolute atomic E-state index is 0.104. The number of primary amides is 1. The molecular formula is C17H22N4O. The molecule has 2 unspecified atom stereocenters. The van der Waals surface area contributed by atoms with Gasteiger partial charge in [-0.1, -0.05) is 18.2 Å². The molecule has 116 valence electrons. The highest BCUT2D eigenvalue weighted by Gasteiger charge is 2.60. The highest BCUT2D eigenvalue weighted by atomic mass is 16.1. The summed E-state index contributed by atoms with van der Waals surface area (Å²) in [6.07, 6.45) is 0. The number of piperidine rings is 1. The maximum absolute atomic E-state index is 11.4. The number of aryl methyl sites for hydroxylation is 1. The number of carbonyl (C=O) groups excluding carboxylic acids is 1. The summed E-state index contributed by atoms with van der Waals surface area (Å²) < 4.78 is 1.95. The maximum atomic E-state index is 11.4. The van der Waals surface area contributed by atoms with E-state index in [0.717, 1.165) is 24.3 Å². The van der Waals surface area contributed by atoms with E-state index in [0.29, 0.717) is 11.8 Å². The Morgan fingerprint density at radius 1 is 1.27 bits per heavy atom. The smallest absolute Gasteiger partial charge is 0.221 e. The number of rotatable bonds is 3. The molecule has 2 aliphatic rings. The van der Waals surface area contributed by atoms with Crippen molar-refractivity contribution in [3.8, 4) is 0 Å². The van der Waals surface area contributed by atoms with Crippen LogP contribution in [0.4, 0.5) is 0 Å². The molecule has 5 heteroatoms. The van der Waals surface area contributed by atoms with Gasteiger partial charge in [0.2, 0.25) is 5.91 Å². The Morgan fingerprint density at radius 2 is 1.91 bits per heavy atom. The van der Waals surface area contributed by atoms with Gasteiger partial charge < -0.3 is 5.73 Å². The number of aromatic nitrogens is 2. The molecule has 22 heavy (non-hydrogen) atoms. The van der Waals surface area contributed by atoms with Crippen molar-refractivity contribution in [3.63, 3.8) is 0 Å². The number of nitrogens with two attached hydrogens (primary N) is 1. The Kier molecular flexibility index (Phi) is 2.70. The van der Waals surface area contributed by atoms with Gasteiger partial charge in [-0.05, 0) is 31.7 Å². The van der Waals surface area contributed by atoms with E-state index in [1.54, 1.807) is 0 Å². The van der Waals surface area contributed by atoms with Crippen molar-refractivity contribution in [2.24, 2.45) is 30.5 Å². The van der Waals surface area contributed by atoms with Gasteiger partial charge in [-0.25, -0.2) is 0 Å². The first kappa shape index (κ1) is 13.8. The minimum Gasteiger partial charge on any atom is -0.369 e. The quantitative estimate of drug-likeness (QED) is 0.933. The topological polar surface area (TPSA) is 64.2 Å². The number of benzene rings is 1. The highest BCUT2D eigenvalue weighted by Crippen LogP contribution is 2.54. The zero-order chi connectivity index (χ0) is 15.6. The van der Waals surface area contributed by atoms with E-state index in [2.05, 4.69) is 36.9 Å². The molecule has 0 bridgehead atoms. The molecule has 1 saturated heterocycles. The normalized spacial score (nSPS) is 28.0. The number of fused-ring (bicyclic) bond motifs is 2. The number of likely N-dealkylation sites (tertiary alicyclic amines) is 1. The monoisotopic (exact) mass is 298 g/mol. The summed E-state index contributed by atoms with van der Waals surface area (Å²) in [6, 6.07) is 8.35. The van der Waals surface area contributed by atoms with Crippen molar-refractivity contribution >= 4 is 16.8 Å². The molecule has 0 spiro atoms. The van der Waals surface area contributed by atoms with Crippen LogP contribution in [0.25, 0.3) is 10.9 Å². The van der Waals surface area contributed by atoms with E-state index in [1.165, 1.54) is 5.39 Å². The van der Waals surface area contributed by atoms with Crippen LogP contribution < -0.4 is 5.73 Å². The lowest BCUT2D eigenvalue weighted by Gasteiger charge is -2.36. The summed E-state index contributed by atoms with van der Waals surface area (Å²) >= 11 is 0. The van der Waals surface area contributed by atoms with Crippen LogP contribution in [0.1, 0.15) is 19.5 Å². The summed E-state index contributed by atoms with van der Waals surface area (Å²) in [7, 11) is 1.99. The molecule has 1 amide bonds. The van der Waals surface area contributed by atoms with E-state index in [9.17, 15) is 4.79 Å². The molecule has 5 nitrogen and oxygen atoms in total. The molecule has 1 aromatic carbocycles. The van der Waals surface area contributed by atoms with Crippen molar-refractivity contribution in [1.82, 2.24) is 14.7 Å². The van der Waals surface area contributed by atoms with Crippen LogP contribution in [0.5, 0.6) is 0 Å². The number of hydrogen-bond acceptors (Lipinski definition) is 3. The van der Waals surface area contributed by atoms with Crippen molar-refractivity contribution in [2.45, 2.75) is 19.4 Å². The van der Waals surface area contributed by atoms with Gasteiger partial charge in [0.05, 0.1) is 16.7 Å². The molecule has 1 saturated carbocycles. The standard InChI is InChI=1S/C17H22N4O/c1-17(2,21-8-11-12(9-21)14(11)16(18)22)15-10-6-4-5-7-13(10)20(3)19-15/h4-7,11-12,14H,8-9H2,1-3H3,(H2,18,22). The molecule has 2 aromatic rings. The number of para-hydroxylation sites is 1. The molecule has 1 aliphatic carbocycles. The summed E-state index contributed by atoms with van der Waals surface area (Å²) in [4.78, 5) is 13.8. The van der Waals surface area contributed by atoms with E-state index < -0.39 is 0 Å². The Balaban J connectivity index is 1.66. The Bertz CT molecular complexity index is 751.